The molecule has 1 amide bonds. The fraction of sp³-hybridized carbons (Fsp3) is 0.217. The van der Waals surface area contributed by atoms with Crippen molar-refractivity contribution in [3.63, 3.8) is 0 Å². The number of nitrogens with zero attached hydrogens (tertiary/aromatic N) is 1. The Morgan fingerprint density at radius 2 is 1.90 bits per heavy atom. The van der Waals surface area contributed by atoms with Crippen molar-refractivity contribution in [1.82, 2.24) is 5.32 Å². The van der Waals surface area contributed by atoms with E-state index in [-0.39, 0.29) is 5.91 Å². The van der Waals surface area contributed by atoms with Crippen molar-refractivity contribution >= 4 is 44.6 Å². The summed E-state index contributed by atoms with van der Waals surface area (Å²) >= 11 is 3.49. The van der Waals surface area contributed by atoms with Gasteiger partial charge in [0.25, 0.3) is 5.91 Å². The van der Waals surface area contributed by atoms with Gasteiger partial charge >= 0.3 is 0 Å². The van der Waals surface area contributed by atoms with Crippen LogP contribution in [0.4, 0.5) is 0 Å². The normalized spacial score (nSPS) is 13.3. The number of aliphatic imine (C=N–C) groups is 1. The summed E-state index contributed by atoms with van der Waals surface area (Å²) in [4.78, 5) is 17.1. The number of carbonyl (C=O) groups is 1. The van der Waals surface area contributed by atoms with Crippen LogP contribution in [0.5, 0.6) is 5.75 Å². The van der Waals surface area contributed by atoms with Crippen LogP contribution >= 0.6 is 23.5 Å². The number of hydrogen-bond acceptors (Lipinski definition) is 5. The molecule has 4 nitrogen and oxygen atoms in total. The van der Waals surface area contributed by atoms with Crippen molar-refractivity contribution in [1.29, 1.82) is 0 Å². The van der Waals surface area contributed by atoms with E-state index in [1.165, 1.54) is 5.39 Å². The SMILES string of the molecule is O=C(NCCOc1ccc2ccccc2c1)c1ccccc1CSC1=NCCS1. The van der Waals surface area contributed by atoms with E-state index < -0.39 is 0 Å². The highest BCUT2D eigenvalue weighted by atomic mass is 32.2. The number of fused-ring (bicyclic) bond motifs is 1. The number of amides is 1. The molecule has 0 radical (unpaired) electrons. The van der Waals surface area contributed by atoms with Gasteiger partial charge in [-0.3, -0.25) is 9.79 Å². The van der Waals surface area contributed by atoms with Gasteiger partial charge in [0.05, 0.1) is 13.1 Å². The molecule has 3 aromatic carbocycles. The van der Waals surface area contributed by atoms with Gasteiger partial charge in [-0.25, -0.2) is 0 Å². The van der Waals surface area contributed by atoms with Crippen LogP contribution < -0.4 is 10.1 Å². The average Bonchev–Trinajstić information content (AvgIpc) is 3.29. The van der Waals surface area contributed by atoms with E-state index >= 15 is 0 Å². The molecule has 0 unspecified atom stereocenters. The smallest absolute Gasteiger partial charge is 0.251 e. The Morgan fingerprint density at radius 1 is 1.07 bits per heavy atom. The fourth-order valence-corrected chi connectivity index (χ4v) is 5.11. The third-order valence-electron chi connectivity index (χ3n) is 4.55. The van der Waals surface area contributed by atoms with Gasteiger partial charge in [0.15, 0.2) is 0 Å². The van der Waals surface area contributed by atoms with E-state index in [2.05, 4.69) is 22.4 Å². The third kappa shape index (κ3) is 5.34. The van der Waals surface area contributed by atoms with Gasteiger partial charge in [-0.1, -0.05) is 72.1 Å². The van der Waals surface area contributed by atoms with E-state index in [1.807, 2.05) is 54.6 Å². The molecule has 1 aliphatic heterocycles. The lowest BCUT2D eigenvalue weighted by Crippen LogP contribution is -2.28. The molecule has 0 aromatic heterocycles. The summed E-state index contributed by atoms with van der Waals surface area (Å²) in [5.41, 5.74) is 1.75. The van der Waals surface area contributed by atoms with Gasteiger partial charge in [-0.15, -0.1) is 0 Å². The van der Waals surface area contributed by atoms with E-state index in [1.54, 1.807) is 23.5 Å². The van der Waals surface area contributed by atoms with Gasteiger partial charge in [0, 0.05) is 17.1 Å². The Labute approximate surface area is 179 Å². The van der Waals surface area contributed by atoms with Crippen LogP contribution in [0.2, 0.25) is 0 Å². The second kappa shape index (κ2) is 9.85. The lowest BCUT2D eigenvalue weighted by atomic mass is 10.1. The summed E-state index contributed by atoms with van der Waals surface area (Å²) in [6.45, 7) is 1.77. The Balaban J connectivity index is 1.29. The first kappa shape index (κ1) is 19.9. The van der Waals surface area contributed by atoms with E-state index in [0.29, 0.717) is 18.7 Å². The lowest BCUT2D eigenvalue weighted by Gasteiger charge is -2.11. The van der Waals surface area contributed by atoms with Crippen LogP contribution in [0.25, 0.3) is 10.8 Å². The number of rotatable bonds is 7. The molecule has 29 heavy (non-hydrogen) atoms. The van der Waals surface area contributed by atoms with Crippen molar-refractivity contribution in [3.8, 4) is 5.75 Å². The zero-order valence-electron chi connectivity index (χ0n) is 16.0. The molecule has 1 N–H and O–H groups in total. The maximum atomic E-state index is 12.6. The molecule has 0 atom stereocenters. The Bertz CT molecular complexity index is 1040. The van der Waals surface area contributed by atoms with Crippen LogP contribution in [-0.2, 0) is 5.75 Å². The van der Waals surface area contributed by atoms with Crippen LogP contribution in [0, 0.1) is 0 Å². The summed E-state index contributed by atoms with van der Waals surface area (Å²) in [6, 6.07) is 22.0. The molecule has 1 heterocycles. The molecule has 3 aromatic rings. The molecule has 0 spiro atoms. The Kier molecular flexibility index (Phi) is 6.75. The monoisotopic (exact) mass is 422 g/mol. The van der Waals surface area contributed by atoms with Crippen molar-refractivity contribution in [3.05, 3.63) is 77.9 Å². The average molecular weight is 423 g/mol. The summed E-state index contributed by atoms with van der Waals surface area (Å²) in [6.07, 6.45) is 0. The second-order valence-electron chi connectivity index (χ2n) is 6.56. The Hall–Kier alpha value is -2.44. The van der Waals surface area contributed by atoms with Crippen molar-refractivity contribution in [2.45, 2.75) is 5.75 Å². The molecule has 0 fully saturated rings. The predicted molar refractivity (Wildman–Crippen MR) is 124 cm³/mol. The fourth-order valence-electron chi connectivity index (χ4n) is 3.10. The number of carbonyl (C=O) groups excluding carboxylic acids is 1. The largest absolute Gasteiger partial charge is 0.492 e. The second-order valence-corrected chi connectivity index (χ2v) is 8.86. The van der Waals surface area contributed by atoms with Crippen molar-refractivity contribution < 1.29 is 9.53 Å². The summed E-state index contributed by atoms with van der Waals surface area (Å²) < 4.78 is 6.92. The number of nitrogens with one attached hydrogen (secondary N) is 1. The van der Waals surface area contributed by atoms with Crippen LogP contribution in [0.1, 0.15) is 15.9 Å². The maximum absolute atomic E-state index is 12.6. The van der Waals surface area contributed by atoms with Crippen LogP contribution in [-0.4, -0.2) is 35.7 Å². The number of thioether (sulfide) groups is 2. The molecule has 1 aliphatic rings. The summed E-state index contributed by atoms with van der Waals surface area (Å²) in [5.74, 6) is 2.55. The highest BCUT2D eigenvalue weighted by molar-refractivity contribution is 8.38. The number of hydrogen-bond donors (Lipinski definition) is 1. The molecule has 0 saturated heterocycles. The van der Waals surface area contributed by atoms with E-state index in [0.717, 1.165) is 39.1 Å². The zero-order valence-corrected chi connectivity index (χ0v) is 17.6. The number of ether oxygens (including phenoxy) is 1. The van der Waals surface area contributed by atoms with Crippen molar-refractivity contribution in [2.75, 3.05) is 25.4 Å². The minimum absolute atomic E-state index is 0.0654. The third-order valence-corrected chi connectivity index (χ3v) is 6.85. The van der Waals surface area contributed by atoms with Gasteiger partial charge < -0.3 is 10.1 Å². The molecule has 148 valence electrons. The van der Waals surface area contributed by atoms with Crippen LogP contribution in [0.3, 0.4) is 0 Å². The number of benzene rings is 3. The topological polar surface area (TPSA) is 50.7 Å². The van der Waals surface area contributed by atoms with Crippen molar-refractivity contribution in [2.24, 2.45) is 4.99 Å². The summed E-state index contributed by atoms with van der Waals surface area (Å²) in [7, 11) is 0. The molecular weight excluding hydrogens is 400 g/mol. The first-order chi connectivity index (χ1) is 14.3. The minimum Gasteiger partial charge on any atom is -0.492 e. The first-order valence-electron chi connectivity index (χ1n) is 9.57. The molecular formula is C23H22N2O2S2. The molecule has 0 saturated carbocycles. The highest BCUT2D eigenvalue weighted by Gasteiger charge is 2.13. The van der Waals surface area contributed by atoms with Gasteiger partial charge in [-0.2, -0.15) is 0 Å². The molecule has 0 bridgehead atoms. The van der Waals surface area contributed by atoms with Gasteiger partial charge in [0.2, 0.25) is 0 Å². The first-order valence-corrected chi connectivity index (χ1v) is 11.5. The molecule has 6 heteroatoms. The predicted octanol–water partition coefficient (Wildman–Crippen LogP) is 4.98. The van der Waals surface area contributed by atoms with E-state index in [4.69, 9.17) is 4.74 Å². The van der Waals surface area contributed by atoms with Gasteiger partial charge in [0.1, 0.15) is 16.7 Å². The van der Waals surface area contributed by atoms with Crippen LogP contribution in [0.15, 0.2) is 71.7 Å². The molecule has 4 rings (SSSR count). The molecule has 0 aliphatic carbocycles. The quantitative estimate of drug-likeness (QED) is 0.545. The lowest BCUT2D eigenvalue weighted by molar-refractivity contribution is 0.0946. The van der Waals surface area contributed by atoms with Gasteiger partial charge in [-0.05, 0) is 34.5 Å². The summed E-state index contributed by atoms with van der Waals surface area (Å²) in [5, 5.41) is 5.29. The highest BCUT2D eigenvalue weighted by Crippen LogP contribution is 2.26. The standard InChI is InChI=1S/C23H22N2O2S2/c26-22(21-8-4-3-7-19(21)16-29-23-25-12-14-28-23)24-11-13-27-20-10-9-17-5-1-2-6-18(17)15-20/h1-10,15H,11-14,16H2,(H,24,26). The zero-order chi connectivity index (χ0) is 19.9. The minimum atomic E-state index is -0.0654. The maximum Gasteiger partial charge on any atom is 0.251 e. The Morgan fingerprint density at radius 3 is 2.76 bits per heavy atom. The van der Waals surface area contributed by atoms with E-state index in [9.17, 15) is 4.79 Å².